The van der Waals surface area contributed by atoms with Gasteiger partial charge < -0.3 is 20.3 Å². The van der Waals surface area contributed by atoms with Crippen LogP contribution in [0.2, 0.25) is 5.02 Å². The fourth-order valence-corrected chi connectivity index (χ4v) is 5.09. The summed E-state index contributed by atoms with van der Waals surface area (Å²) < 4.78 is 59.4. The van der Waals surface area contributed by atoms with Gasteiger partial charge in [-0.05, 0) is 54.9 Å². The normalized spacial score (nSPS) is 17.6. The number of rotatable bonds is 8. The van der Waals surface area contributed by atoms with E-state index in [2.05, 4.69) is 5.32 Å². The first-order valence-corrected chi connectivity index (χ1v) is 12.4. The van der Waals surface area contributed by atoms with E-state index in [0.29, 0.717) is 40.7 Å². The monoisotopic (exact) mass is 517 g/mol. The Morgan fingerprint density at radius 3 is 2.68 bits per heavy atom. The molecule has 0 spiro atoms. The second-order valence-electron chi connectivity index (χ2n) is 8.06. The molecule has 1 aliphatic rings. The molecule has 186 valence electrons. The smallest absolute Gasteiger partial charge is 0.416 e. The van der Waals surface area contributed by atoms with Crippen molar-refractivity contribution in [2.75, 3.05) is 26.0 Å². The molecule has 2 aromatic rings. The maximum absolute atomic E-state index is 14.0. The van der Waals surface area contributed by atoms with Crippen LogP contribution >= 0.6 is 11.6 Å². The molecule has 34 heavy (non-hydrogen) atoms. The lowest BCUT2D eigenvalue weighted by molar-refractivity contribution is -0.138. The number of methoxy groups -OCH3 is 1. The van der Waals surface area contributed by atoms with Crippen LogP contribution < -0.4 is 15.8 Å². The van der Waals surface area contributed by atoms with Crippen LogP contribution in [0.1, 0.15) is 40.4 Å². The number of alkyl halides is 3. The van der Waals surface area contributed by atoms with Crippen LogP contribution in [0, 0.1) is 0 Å². The molecule has 1 heterocycles. The molecule has 2 unspecified atom stereocenters. The van der Waals surface area contributed by atoms with Gasteiger partial charge in [-0.25, -0.2) is 0 Å². The molecule has 0 bridgehead atoms. The predicted molar refractivity (Wildman–Crippen MR) is 125 cm³/mol. The Labute approximate surface area is 204 Å². The Morgan fingerprint density at radius 2 is 2.09 bits per heavy atom. The fourth-order valence-electron chi connectivity index (χ4n) is 3.95. The van der Waals surface area contributed by atoms with Crippen molar-refractivity contribution in [3.8, 4) is 5.75 Å². The second-order valence-corrected chi connectivity index (χ2v) is 10.2. The molecule has 0 aliphatic carbocycles. The molecule has 2 aromatic carbocycles. The number of hydrogen-bond donors (Lipinski definition) is 2. The highest BCUT2D eigenvalue weighted by Gasteiger charge is 2.37. The van der Waals surface area contributed by atoms with E-state index in [1.54, 1.807) is 25.1 Å². The van der Waals surface area contributed by atoms with Gasteiger partial charge in [0.2, 0.25) is 0 Å². The summed E-state index contributed by atoms with van der Waals surface area (Å²) in [5.74, 6) is -0.360. The molecule has 2 atom stereocenters. The summed E-state index contributed by atoms with van der Waals surface area (Å²) in [5.41, 5.74) is 5.28. The first-order chi connectivity index (χ1) is 16.0. The summed E-state index contributed by atoms with van der Waals surface area (Å²) in [5, 5.41) is 3.00. The molecule has 1 fully saturated rings. The highest BCUT2D eigenvalue weighted by Crippen LogP contribution is 2.38. The van der Waals surface area contributed by atoms with Gasteiger partial charge >= 0.3 is 6.18 Å². The zero-order valence-corrected chi connectivity index (χ0v) is 20.4. The molecule has 6 nitrogen and oxygen atoms in total. The third-order valence-corrected chi connectivity index (χ3v) is 7.30. The van der Waals surface area contributed by atoms with Crippen LogP contribution in [-0.4, -0.2) is 47.4 Å². The fraction of sp³-hybridized carbons (Fsp3) is 0.435. The van der Waals surface area contributed by atoms with E-state index in [4.69, 9.17) is 22.1 Å². The van der Waals surface area contributed by atoms with Gasteiger partial charge in [-0.3, -0.25) is 9.69 Å². The number of hydrogen-bond acceptors (Lipinski definition) is 5. The van der Waals surface area contributed by atoms with E-state index in [-0.39, 0.29) is 36.0 Å². The average molecular weight is 518 g/mol. The number of ether oxygens (including phenoxy) is 1. The first-order valence-electron chi connectivity index (χ1n) is 10.7. The van der Waals surface area contributed by atoms with Crippen molar-refractivity contribution in [2.24, 2.45) is 5.73 Å². The lowest BCUT2D eigenvalue weighted by atomic mass is 10.0. The van der Waals surface area contributed by atoms with E-state index < -0.39 is 28.8 Å². The summed E-state index contributed by atoms with van der Waals surface area (Å²) in [7, 11) is 1.27. The van der Waals surface area contributed by atoms with Crippen molar-refractivity contribution in [1.29, 1.82) is 0 Å². The Morgan fingerprint density at radius 1 is 1.35 bits per heavy atom. The second kappa shape index (κ2) is 11.2. The third-order valence-electron chi connectivity index (χ3n) is 5.66. The topological polar surface area (TPSA) is 90.6 Å². The largest absolute Gasteiger partial charge is 0.611 e. The van der Waals surface area contributed by atoms with E-state index in [1.165, 1.54) is 13.2 Å². The number of likely N-dealkylation sites (tertiary alicyclic amines) is 1. The van der Waals surface area contributed by atoms with Gasteiger partial charge in [0, 0.05) is 53.9 Å². The van der Waals surface area contributed by atoms with Crippen LogP contribution in [0.5, 0.6) is 5.75 Å². The average Bonchev–Trinajstić information content (AvgIpc) is 3.20. The number of carbonyl (C=O) groups is 1. The molecule has 3 N–H and O–H groups in total. The molecular weight excluding hydrogens is 491 g/mol. The van der Waals surface area contributed by atoms with E-state index in [0.717, 1.165) is 6.07 Å². The molecule has 3 rings (SSSR count). The maximum Gasteiger partial charge on any atom is 0.416 e. The standard InChI is InChI=1S/C23H27ClF3N3O3S/c1-3-34(32)21-5-4-16(24)8-15(21)11-29-22(31)14-9-19(23(25,26)27)18(20(10-14)33-2)13-30-7-6-17(28)12-30/h4-5,8-10,17H,3,6-7,11-13,28H2,1-2H3,(H,29,31). The molecule has 1 saturated heterocycles. The van der Waals surface area contributed by atoms with Crippen LogP contribution in [-0.2, 0) is 30.4 Å². The number of nitrogens with two attached hydrogens (primary N) is 1. The van der Waals surface area contributed by atoms with Crippen LogP contribution in [0.4, 0.5) is 13.2 Å². The number of benzene rings is 2. The third kappa shape index (κ3) is 6.37. The lowest BCUT2D eigenvalue weighted by Crippen LogP contribution is -2.28. The van der Waals surface area contributed by atoms with Gasteiger partial charge in [0.1, 0.15) is 11.5 Å². The Kier molecular flexibility index (Phi) is 8.75. The predicted octanol–water partition coefficient (Wildman–Crippen LogP) is 3.96. The molecular formula is C23H27ClF3N3O3S. The summed E-state index contributed by atoms with van der Waals surface area (Å²) in [6.45, 7) is 2.81. The van der Waals surface area contributed by atoms with Crippen LogP contribution in [0.15, 0.2) is 35.2 Å². The quantitative estimate of drug-likeness (QED) is 0.517. The van der Waals surface area contributed by atoms with Crippen molar-refractivity contribution in [1.82, 2.24) is 10.2 Å². The Balaban J connectivity index is 1.88. The number of halogens is 4. The van der Waals surface area contributed by atoms with Gasteiger partial charge in [-0.2, -0.15) is 13.2 Å². The number of nitrogens with one attached hydrogen (secondary N) is 1. The number of carbonyl (C=O) groups excluding carboxylic acids is 1. The van der Waals surface area contributed by atoms with E-state index in [1.807, 2.05) is 4.90 Å². The van der Waals surface area contributed by atoms with Gasteiger partial charge in [0.25, 0.3) is 5.91 Å². The van der Waals surface area contributed by atoms with Crippen molar-refractivity contribution >= 4 is 28.7 Å². The minimum Gasteiger partial charge on any atom is -0.611 e. The van der Waals surface area contributed by atoms with E-state index in [9.17, 15) is 22.5 Å². The number of nitrogens with zero attached hydrogens (tertiary/aromatic N) is 1. The van der Waals surface area contributed by atoms with Crippen molar-refractivity contribution in [2.45, 2.75) is 43.5 Å². The Hall–Kier alpha value is -1.98. The first kappa shape index (κ1) is 26.6. The molecule has 1 amide bonds. The lowest BCUT2D eigenvalue weighted by Gasteiger charge is -2.22. The summed E-state index contributed by atoms with van der Waals surface area (Å²) in [4.78, 5) is 15.2. The number of amides is 1. The van der Waals surface area contributed by atoms with Crippen LogP contribution in [0.3, 0.4) is 0 Å². The molecule has 1 aliphatic heterocycles. The van der Waals surface area contributed by atoms with Gasteiger partial charge in [0.15, 0.2) is 4.90 Å². The van der Waals surface area contributed by atoms with Crippen molar-refractivity contribution in [3.63, 3.8) is 0 Å². The highest BCUT2D eigenvalue weighted by atomic mass is 35.5. The molecule has 11 heteroatoms. The highest BCUT2D eigenvalue weighted by molar-refractivity contribution is 7.91. The summed E-state index contributed by atoms with van der Waals surface area (Å²) >= 11 is 4.75. The molecule has 0 aromatic heterocycles. The summed E-state index contributed by atoms with van der Waals surface area (Å²) in [6, 6.07) is 6.86. The Bertz CT molecular complexity index is 1040. The minimum absolute atomic E-state index is 0.0162. The van der Waals surface area contributed by atoms with Gasteiger partial charge in [0.05, 0.1) is 12.7 Å². The van der Waals surface area contributed by atoms with Gasteiger partial charge in [-0.15, -0.1) is 0 Å². The maximum atomic E-state index is 14.0. The van der Waals surface area contributed by atoms with E-state index >= 15 is 0 Å². The zero-order valence-electron chi connectivity index (χ0n) is 18.9. The van der Waals surface area contributed by atoms with Crippen molar-refractivity contribution in [3.05, 3.63) is 57.6 Å². The summed E-state index contributed by atoms with van der Waals surface area (Å²) in [6.07, 6.45) is -3.97. The van der Waals surface area contributed by atoms with Crippen molar-refractivity contribution < 1.29 is 27.3 Å². The molecule has 0 radical (unpaired) electrons. The van der Waals surface area contributed by atoms with Gasteiger partial charge in [-0.1, -0.05) is 11.6 Å². The minimum atomic E-state index is -4.68. The molecule has 0 saturated carbocycles. The SMILES string of the molecule is CC[S+]([O-])c1ccc(Cl)cc1CNC(=O)c1cc(OC)c(CN2CCC(N)C2)c(C(F)(F)F)c1. The zero-order chi connectivity index (χ0) is 25.0. The van der Waals surface area contributed by atoms with Crippen LogP contribution in [0.25, 0.3) is 0 Å².